The second kappa shape index (κ2) is 11.3. The Balaban J connectivity index is 1.92. The first-order chi connectivity index (χ1) is 15.8. The topological polar surface area (TPSA) is 137 Å². The summed E-state index contributed by atoms with van der Waals surface area (Å²) in [5.41, 5.74) is 0.526. The van der Waals surface area contributed by atoms with Crippen LogP contribution in [0.4, 0.5) is 4.79 Å². The van der Waals surface area contributed by atoms with Gasteiger partial charge in [-0.1, -0.05) is 11.6 Å². The van der Waals surface area contributed by atoms with Gasteiger partial charge in [0.1, 0.15) is 17.9 Å². The van der Waals surface area contributed by atoms with Crippen LogP contribution in [0.5, 0.6) is 5.75 Å². The van der Waals surface area contributed by atoms with Crippen LogP contribution in [0.3, 0.4) is 0 Å². The molecule has 1 aliphatic rings. The first-order valence-corrected chi connectivity index (χ1v) is 12.7. The number of amides is 4. The van der Waals surface area contributed by atoms with Gasteiger partial charge in [-0.2, -0.15) is 0 Å². The van der Waals surface area contributed by atoms with Crippen molar-refractivity contribution < 1.29 is 32.7 Å². The lowest BCUT2D eigenvalue weighted by molar-refractivity contribution is -0.133. The second-order valence-corrected chi connectivity index (χ2v) is 11.1. The van der Waals surface area contributed by atoms with Gasteiger partial charge in [0.25, 0.3) is 5.91 Å². The predicted molar refractivity (Wildman–Crippen MR) is 125 cm³/mol. The van der Waals surface area contributed by atoms with E-state index < -0.39 is 39.2 Å². The van der Waals surface area contributed by atoms with Crippen molar-refractivity contribution in [3.05, 3.63) is 29.3 Å². The first kappa shape index (κ1) is 27.8. The van der Waals surface area contributed by atoms with Gasteiger partial charge < -0.3 is 9.64 Å². The summed E-state index contributed by atoms with van der Waals surface area (Å²) in [7, 11) is -0.971. The normalized spacial score (nSPS) is 16.8. The van der Waals surface area contributed by atoms with Crippen molar-refractivity contribution in [2.75, 3.05) is 39.5 Å². The van der Waals surface area contributed by atoms with Gasteiger partial charge in [0.05, 0.1) is 11.7 Å². The molecule has 0 spiro atoms. The zero-order chi connectivity index (χ0) is 25.7. The number of rotatable bonds is 12. The number of hydrogen-bond acceptors (Lipinski definition) is 7. The molecule has 0 aromatic heterocycles. The van der Waals surface area contributed by atoms with Crippen molar-refractivity contribution in [1.29, 1.82) is 0 Å². The number of imide groups is 1. The van der Waals surface area contributed by atoms with Crippen LogP contribution in [-0.4, -0.2) is 90.7 Å². The maximum atomic E-state index is 12.8. The number of benzene rings is 1. The van der Waals surface area contributed by atoms with Crippen LogP contribution < -0.4 is 10.2 Å². The summed E-state index contributed by atoms with van der Waals surface area (Å²) in [6.45, 7) is 3.42. The summed E-state index contributed by atoms with van der Waals surface area (Å²) < 4.78 is 32.1. The van der Waals surface area contributed by atoms with E-state index in [2.05, 4.69) is 0 Å². The Morgan fingerprint density at radius 3 is 2.41 bits per heavy atom. The fraction of sp³-hybridized carbons (Fsp3) is 0.571. The Kier molecular flexibility index (Phi) is 9.29. The molecule has 2 N–H and O–H groups in total. The molecule has 1 aromatic carbocycles. The highest BCUT2D eigenvalue weighted by atomic mass is 35.5. The van der Waals surface area contributed by atoms with Crippen LogP contribution >= 0.6 is 11.6 Å². The minimum absolute atomic E-state index is 0.0332. The highest BCUT2D eigenvalue weighted by molar-refractivity contribution is 7.89. The van der Waals surface area contributed by atoms with Crippen molar-refractivity contribution in [1.82, 2.24) is 19.6 Å². The van der Waals surface area contributed by atoms with Gasteiger partial charge in [-0.05, 0) is 51.0 Å². The largest absolute Gasteiger partial charge is 0.492 e. The smallest absolute Gasteiger partial charge is 0.327 e. The molecule has 1 aromatic rings. The molecule has 1 fully saturated rings. The van der Waals surface area contributed by atoms with Crippen molar-refractivity contribution in [3.63, 3.8) is 0 Å². The molecular weight excluding hydrogens is 488 g/mol. The van der Waals surface area contributed by atoms with Crippen molar-refractivity contribution in [3.8, 4) is 5.75 Å². The molecule has 0 aliphatic carbocycles. The van der Waals surface area contributed by atoms with Crippen LogP contribution in [0.2, 0.25) is 5.02 Å². The van der Waals surface area contributed by atoms with Crippen molar-refractivity contribution in [2.45, 2.75) is 32.2 Å². The Morgan fingerprint density at radius 2 is 1.88 bits per heavy atom. The van der Waals surface area contributed by atoms with E-state index in [1.165, 1.54) is 24.5 Å². The highest BCUT2D eigenvalue weighted by Gasteiger charge is 2.48. The molecule has 0 bridgehead atoms. The summed E-state index contributed by atoms with van der Waals surface area (Å²) in [5.74, 6) is -2.31. The molecular formula is C21H31ClN4O7S. The maximum absolute atomic E-state index is 12.8. The van der Waals surface area contributed by atoms with Crippen LogP contribution in [-0.2, 0) is 19.6 Å². The molecule has 1 saturated heterocycles. The molecule has 190 valence electrons. The quantitative estimate of drug-likeness (QED) is 0.243. The van der Waals surface area contributed by atoms with Crippen LogP contribution in [0.1, 0.15) is 26.7 Å². The number of sulfonamides is 1. The van der Waals surface area contributed by atoms with Gasteiger partial charge in [0.15, 0.2) is 0 Å². The lowest BCUT2D eigenvalue weighted by Gasteiger charge is -2.22. The minimum atomic E-state index is -3.87. The summed E-state index contributed by atoms with van der Waals surface area (Å²) in [4.78, 5) is 39.3. The number of ether oxygens (including phenoxy) is 1. The number of halogens is 1. The standard InChI is InChI=1S/C21H31ClN4O7S/c1-21(2)19(28)26(20(29)25(21)4)11-5-6-15(18(27)23-30)14-34(31,32)24(3)12-13-33-17-9-7-16(22)8-10-17/h7-10,15,30H,5-6,11-14H2,1-4H3,(H,23,27). The summed E-state index contributed by atoms with van der Waals surface area (Å²) in [6, 6.07) is 6.17. The number of carbonyl (C=O) groups is 3. The fourth-order valence-corrected chi connectivity index (χ4v) is 4.96. The van der Waals surface area contributed by atoms with E-state index in [-0.39, 0.29) is 38.4 Å². The van der Waals surface area contributed by atoms with Gasteiger partial charge in [-0.25, -0.2) is 23.0 Å². The molecule has 1 aliphatic heterocycles. The lowest BCUT2D eigenvalue weighted by atomic mass is 10.0. The van der Waals surface area contributed by atoms with Gasteiger partial charge in [-0.15, -0.1) is 0 Å². The van der Waals surface area contributed by atoms with Gasteiger partial charge in [0.2, 0.25) is 15.9 Å². The third-order valence-corrected chi connectivity index (χ3v) is 8.12. The van der Waals surface area contributed by atoms with Crippen LogP contribution in [0.25, 0.3) is 0 Å². The number of nitrogens with one attached hydrogen (secondary N) is 1. The fourth-order valence-electron chi connectivity index (χ4n) is 3.40. The third-order valence-electron chi connectivity index (χ3n) is 5.92. The summed E-state index contributed by atoms with van der Waals surface area (Å²) in [6.07, 6.45) is 0.236. The Hall–Kier alpha value is -2.41. The summed E-state index contributed by atoms with van der Waals surface area (Å²) >= 11 is 5.82. The molecule has 1 atom stereocenters. The molecule has 13 heteroatoms. The molecule has 0 radical (unpaired) electrons. The Bertz CT molecular complexity index is 1000. The first-order valence-electron chi connectivity index (χ1n) is 10.7. The van der Waals surface area contributed by atoms with Gasteiger partial charge >= 0.3 is 6.03 Å². The molecule has 11 nitrogen and oxygen atoms in total. The van der Waals surface area contributed by atoms with E-state index in [1.807, 2.05) is 0 Å². The van der Waals surface area contributed by atoms with Crippen LogP contribution in [0.15, 0.2) is 24.3 Å². The number of urea groups is 1. The van der Waals surface area contributed by atoms with E-state index in [0.717, 1.165) is 9.21 Å². The lowest BCUT2D eigenvalue weighted by Crippen LogP contribution is -2.41. The van der Waals surface area contributed by atoms with E-state index >= 15 is 0 Å². The molecule has 2 rings (SSSR count). The number of likely N-dealkylation sites (N-methyl/N-ethyl adjacent to an activating group) is 2. The monoisotopic (exact) mass is 518 g/mol. The Labute approximate surface area is 204 Å². The van der Waals surface area contributed by atoms with E-state index in [4.69, 9.17) is 21.5 Å². The maximum Gasteiger partial charge on any atom is 0.327 e. The highest BCUT2D eigenvalue weighted by Crippen LogP contribution is 2.26. The number of nitrogens with zero attached hydrogens (tertiary/aromatic N) is 3. The zero-order valence-electron chi connectivity index (χ0n) is 19.7. The third kappa shape index (κ3) is 6.59. The van der Waals surface area contributed by atoms with Crippen molar-refractivity contribution in [2.24, 2.45) is 5.92 Å². The number of hydroxylamine groups is 1. The zero-order valence-corrected chi connectivity index (χ0v) is 21.2. The Morgan fingerprint density at radius 1 is 1.26 bits per heavy atom. The molecule has 0 saturated carbocycles. The van der Waals surface area contributed by atoms with Gasteiger partial charge in [-0.3, -0.25) is 19.7 Å². The second-order valence-electron chi connectivity index (χ2n) is 8.58. The number of hydrogen-bond donors (Lipinski definition) is 2. The molecule has 1 heterocycles. The van der Waals surface area contributed by atoms with Crippen LogP contribution in [0, 0.1) is 5.92 Å². The van der Waals surface area contributed by atoms with Crippen molar-refractivity contribution >= 4 is 39.5 Å². The summed E-state index contributed by atoms with van der Waals surface area (Å²) in [5, 5.41) is 9.61. The predicted octanol–water partition coefficient (Wildman–Crippen LogP) is 1.55. The molecule has 1 unspecified atom stereocenters. The average molecular weight is 519 g/mol. The minimum Gasteiger partial charge on any atom is -0.492 e. The molecule has 34 heavy (non-hydrogen) atoms. The SMILES string of the molecule is CN1C(=O)N(CCCC(CS(=O)(=O)N(C)CCOc2ccc(Cl)cc2)C(=O)NO)C(=O)C1(C)C. The molecule has 4 amide bonds. The van der Waals surface area contributed by atoms with Gasteiger partial charge in [0, 0.05) is 32.2 Å². The van der Waals surface area contributed by atoms with E-state index in [0.29, 0.717) is 10.8 Å². The average Bonchev–Trinajstić information content (AvgIpc) is 2.93. The van der Waals surface area contributed by atoms with E-state index in [1.54, 1.807) is 38.1 Å². The van der Waals surface area contributed by atoms with E-state index in [9.17, 15) is 22.8 Å². The number of carbonyl (C=O) groups excluding carboxylic acids is 3.